The molecule has 0 radical (unpaired) electrons. The van der Waals surface area contributed by atoms with E-state index in [-0.39, 0.29) is 30.9 Å². The van der Waals surface area contributed by atoms with Gasteiger partial charge >= 0.3 is 0 Å². The van der Waals surface area contributed by atoms with E-state index in [0.29, 0.717) is 0 Å². The summed E-state index contributed by atoms with van der Waals surface area (Å²) < 4.78 is 0. The van der Waals surface area contributed by atoms with Crippen LogP contribution in [0.25, 0.3) is 0 Å². The fourth-order valence-electron chi connectivity index (χ4n) is 2.23. The predicted octanol–water partition coefficient (Wildman–Crippen LogP) is 0.603. The highest BCUT2D eigenvalue weighted by molar-refractivity contribution is 5.87. The molecule has 0 saturated carbocycles. The Balaban J connectivity index is 2.36. The van der Waals surface area contributed by atoms with E-state index in [9.17, 15) is 14.4 Å². The van der Waals surface area contributed by atoms with Gasteiger partial charge in [0.25, 0.3) is 0 Å². The molecule has 0 aliphatic heterocycles. The van der Waals surface area contributed by atoms with Gasteiger partial charge in [0.15, 0.2) is 0 Å². The average molecular weight is 319 g/mol. The van der Waals surface area contributed by atoms with E-state index < -0.39 is 5.91 Å². The third-order valence-electron chi connectivity index (χ3n) is 3.38. The van der Waals surface area contributed by atoms with Gasteiger partial charge in [0.2, 0.25) is 17.7 Å². The van der Waals surface area contributed by atoms with Crippen LogP contribution < -0.4 is 16.0 Å². The van der Waals surface area contributed by atoms with E-state index in [4.69, 9.17) is 0 Å². The van der Waals surface area contributed by atoms with Crippen molar-refractivity contribution in [1.29, 1.82) is 0 Å². The molecule has 0 aliphatic carbocycles. The van der Waals surface area contributed by atoms with Crippen molar-refractivity contribution in [2.75, 3.05) is 13.1 Å². The minimum absolute atomic E-state index is 0.0313. The Labute approximate surface area is 137 Å². The van der Waals surface area contributed by atoms with E-state index in [1.54, 1.807) is 0 Å². The maximum Gasteiger partial charge on any atom is 0.239 e. The number of hydrogen-bond acceptors (Lipinski definition) is 3. The zero-order valence-electron chi connectivity index (χ0n) is 14.2. The van der Waals surface area contributed by atoms with Gasteiger partial charge in [-0.15, -0.1) is 0 Å². The molecule has 126 valence electrons. The molecule has 0 heterocycles. The molecule has 1 aromatic rings. The Bertz CT molecular complexity index is 584. The largest absolute Gasteiger partial charge is 0.352 e. The lowest BCUT2D eigenvalue weighted by Gasteiger charge is -2.16. The average Bonchev–Trinajstić information content (AvgIpc) is 2.46. The van der Waals surface area contributed by atoms with Crippen LogP contribution in [0.3, 0.4) is 0 Å². The molecule has 3 N–H and O–H groups in total. The predicted molar refractivity (Wildman–Crippen MR) is 88.9 cm³/mol. The minimum Gasteiger partial charge on any atom is -0.352 e. The summed E-state index contributed by atoms with van der Waals surface area (Å²) in [6.07, 6.45) is 0.734. The van der Waals surface area contributed by atoms with Gasteiger partial charge in [-0.2, -0.15) is 0 Å². The van der Waals surface area contributed by atoms with Crippen LogP contribution >= 0.6 is 0 Å². The number of carbonyl (C=O) groups excluding carboxylic acids is 3. The van der Waals surface area contributed by atoms with Crippen molar-refractivity contribution in [2.45, 2.75) is 40.2 Å². The molecule has 6 nitrogen and oxygen atoms in total. The van der Waals surface area contributed by atoms with Crippen molar-refractivity contribution < 1.29 is 14.4 Å². The molecular weight excluding hydrogens is 294 g/mol. The van der Waals surface area contributed by atoms with Crippen molar-refractivity contribution in [3.8, 4) is 0 Å². The maximum absolute atomic E-state index is 11.8. The summed E-state index contributed by atoms with van der Waals surface area (Å²) >= 11 is 0. The Hall–Kier alpha value is -2.37. The van der Waals surface area contributed by atoms with E-state index in [2.05, 4.69) is 41.1 Å². The molecule has 0 aromatic heterocycles. The smallest absolute Gasteiger partial charge is 0.239 e. The Kier molecular flexibility index (Phi) is 7.25. The Morgan fingerprint density at radius 2 is 1.70 bits per heavy atom. The highest BCUT2D eigenvalue weighted by atomic mass is 16.2. The molecule has 0 spiro atoms. The molecule has 23 heavy (non-hydrogen) atoms. The van der Waals surface area contributed by atoms with Crippen molar-refractivity contribution in [2.24, 2.45) is 0 Å². The standard InChI is InChI=1S/C17H25N3O3/c1-11-5-6-15(12(2)7-11)8-13(3)20-17(23)10-19-16(22)9-18-14(4)21/h5-7,13H,8-10H2,1-4H3,(H,18,21)(H,19,22)(H,20,23)/t13-/m1/s1. The van der Waals surface area contributed by atoms with Crippen LogP contribution in [-0.2, 0) is 20.8 Å². The molecule has 3 amide bonds. The van der Waals surface area contributed by atoms with Gasteiger partial charge in [-0.05, 0) is 38.3 Å². The minimum atomic E-state index is -0.391. The normalized spacial score (nSPS) is 11.5. The van der Waals surface area contributed by atoms with Crippen molar-refractivity contribution >= 4 is 17.7 Å². The SMILES string of the molecule is CC(=O)NCC(=O)NCC(=O)N[C@H](C)Cc1ccc(C)cc1C. The van der Waals surface area contributed by atoms with E-state index >= 15 is 0 Å². The van der Waals surface area contributed by atoms with Crippen molar-refractivity contribution in [1.82, 2.24) is 16.0 Å². The molecule has 0 bridgehead atoms. The zero-order chi connectivity index (χ0) is 17.4. The molecule has 1 atom stereocenters. The first-order chi connectivity index (χ1) is 10.8. The topological polar surface area (TPSA) is 87.3 Å². The molecule has 1 aromatic carbocycles. The lowest BCUT2D eigenvalue weighted by atomic mass is 10.00. The van der Waals surface area contributed by atoms with Crippen molar-refractivity contribution in [3.05, 3.63) is 34.9 Å². The van der Waals surface area contributed by atoms with Gasteiger partial charge in [-0.3, -0.25) is 14.4 Å². The van der Waals surface area contributed by atoms with E-state index in [1.807, 2.05) is 13.8 Å². The monoisotopic (exact) mass is 319 g/mol. The van der Waals surface area contributed by atoms with Gasteiger partial charge in [-0.25, -0.2) is 0 Å². The Morgan fingerprint density at radius 1 is 1.04 bits per heavy atom. The van der Waals surface area contributed by atoms with E-state index in [0.717, 1.165) is 6.42 Å². The molecule has 0 saturated heterocycles. The van der Waals surface area contributed by atoms with Crippen LogP contribution in [0.4, 0.5) is 0 Å². The van der Waals surface area contributed by atoms with Gasteiger partial charge in [0.1, 0.15) is 0 Å². The molecule has 0 unspecified atom stereocenters. The molecular formula is C17H25N3O3. The number of carbonyl (C=O) groups is 3. The molecule has 6 heteroatoms. The lowest BCUT2D eigenvalue weighted by Crippen LogP contribution is -2.44. The lowest BCUT2D eigenvalue weighted by molar-refractivity contribution is -0.127. The third-order valence-corrected chi connectivity index (χ3v) is 3.38. The summed E-state index contributed by atoms with van der Waals surface area (Å²) in [7, 11) is 0. The molecule has 0 aliphatic rings. The van der Waals surface area contributed by atoms with Gasteiger partial charge < -0.3 is 16.0 Å². The van der Waals surface area contributed by atoms with E-state index in [1.165, 1.54) is 23.6 Å². The number of amides is 3. The summed E-state index contributed by atoms with van der Waals surface area (Å²) in [5, 5.41) is 7.68. The van der Waals surface area contributed by atoms with Crippen LogP contribution in [0.15, 0.2) is 18.2 Å². The number of aryl methyl sites for hydroxylation is 2. The van der Waals surface area contributed by atoms with Gasteiger partial charge in [-0.1, -0.05) is 23.8 Å². The first-order valence-corrected chi connectivity index (χ1v) is 7.64. The van der Waals surface area contributed by atoms with Crippen LogP contribution in [-0.4, -0.2) is 36.9 Å². The van der Waals surface area contributed by atoms with Gasteiger partial charge in [0, 0.05) is 13.0 Å². The van der Waals surface area contributed by atoms with Crippen LogP contribution in [0.2, 0.25) is 0 Å². The number of benzene rings is 1. The number of rotatable bonds is 7. The molecule has 1 rings (SSSR count). The second-order valence-electron chi connectivity index (χ2n) is 5.79. The summed E-state index contributed by atoms with van der Waals surface area (Å²) in [4.78, 5) is 33.9. The fourth-order valence-corrected chi connectivity index (χ4v) is 2.23. The third kappa shape index (κ3) is 7.44. The second-order valence-corrected chi connectivity index (χ2v) is 5.79. The number of hydrogen-bond donors (Lipinski definition) is 3. The maximum atomic E-state index is 11.8. The fraction of sp³-hybridized carbons (Fsp3) is 0.471. The highest BCUT2D eigenvalue weighted by Crippen LogP contribution is 2.12. The summed E-state index contributed by atoms with van der Waals surface area (Å²) in [5.41, 5.74) is 3.61. The second kappa shape index (κ2) is 8.92. The Morgan fingerprint density at radius 3 is 2.30 bits per heavy atom. The molecule has 0 fully saturated rings. The van der Waals surface area contributed by atoms with Gasteiger partial charge in [0.05, 0.1) is 13.1 Å². The first kappa shape index (κ1) is 18.7. The van der Waals surface area contributed by atoms with Crippen LogP contribution in [0, 0.1) is 13.8 Å². The van der Waals surface area contributed by atoms with Crippen molar-refractivity contribution in [3.63, 3.8) is 0 Å². The van der Waals surface area contributed by atoms with Crippen LogP contribution in [0.5, 0.6) is 0 Å². The number of nitrogens with one attached hydrogen (secondary N) is 3. The zero-order valence-corrected chi connectivity index (χ0v) is 14.2. The summed E-state index contributed by atoms with van der Waals surface area (Å²) in [5.74, 6) is -0.928. The summed E-state index contributed by atoms with van der Waals surface area (Å²) in [6.45, 7) is 7.13. The highest BCUT2D eigenvalue weighted by Gasteiger charge is 2.11. The first-order valence-electron chi connectivity index (χ1n) is 7.64. The summed E-state index contributed by atoms with van der Waals surface area (Å²) in [6, 6.07) is 6.21. The van der Waals surface area contributed by atoms with Crippen LogP contribution in [0.1, 0.15) is 30.5 Å². The quantitative estimate of drug-likeness (QED) is 0.688.